The predicted octanol–water partition coefficient (Wildman–Crippen LogP) is 2.29. The molecular formula is C24H26N2O7. The van der Waals surface area contributed by atoms with Gasteiger partial charge in [-0.15, -0.1) is 0 Å². The molecule has 0 aromatic heterocycles. The van der Waals surface area contributed by atoms with Crippen LogP contribution in [0.15, 0.2) is 29.0 Å². The number of aliphatic hydroxyl groups excluding tert-OH is 2. The number of benzene rings is 1. The van der Waals surface area contributed by atoms with Crippen molar-refractivity contribution in [2.75, 3.05) is 5.32 Å². The third-order valence-electron chi connectivity index (χ3n) is 6.69. The summed E-state index contributed by atoms with van der Waals surface area (Å²) in [6.07, 6.45) is 0.561. The van der Waals surface area contributed by atoms with Crippen molar-refractivity contribution in [3.63, 3.8) is 0 Å². The van der Waals surface area contributed by atoms with E-state index in [4.69, 9.17) is 5.73 Å². The summed E-state index contributed by atoms with van der Waals surface area (Å²) in [5, 5.41) is 35.1. The number of Topliss-reactive ketones (excluding diaryl/α,β-unsaturated/α-hetero) is 2. The minimum absolute atomic E-state index is 0.0306. The van der Waals surface area contributed by atoms with Crippen molar-refractivity contribution in [2.24, 2.45) is 28.9 Å². The fourth-order valence-electron chi connectivity index (χ4n) is 5.03. The Morgan fingerprint density at radius 1 is 1.09 bits per heavy atom. The van der Waals surface area contributed by atoms with Gasteiger partial charge >= 0.3 is 0 Å². The first kappa shape index (κ1) is 22.6. The summed E-state index contributed by atoms with van der Waals surface area (Å²) in [7, 11) is 0. The molecule has 3 unspecified atom stereocenters. The normalized spacial score (nSPS) is 24.8. The molecule has 3 aliphatic carbocycles. The number of carbonyl (C=O) groups is 4. The van der Waals surface area contributed by atoms with E-state index in [0.717, 1.165) is 0 Å². The summed E-state index contributed by atoms with van der Waals surface area (Å²) in [4.78, 5) is 49.7. The smallest absolute Gasteiger partial charge is 0.255 e. The Balaban J connectivity index is 1.79. The number of primary amides is 1. The molecule has 9 heteroatoms. The SMILES string of the molecule is CC(C)(C)C(=O)Nc1ccc2c(c1O)C(O)=C1C(=O)C3C(O)=C(C(N)=O)C(=O)CC3CC1C2. The van der Waals surface area contributed by atoms with Crippen LogP contribution in [0.2, 0.25) is 0 Å². The minimum atomic E-state index is -1.16. The van der Waals surface area contributed by atoms with E-state index in [-0.39, 0.29) is 34.9 Å². The predicted molar refractivity (Wildman–Crippen MR) is 118 cm³/mol. The van der Waals surface area contributed by atoms with E-state index in [0.29, 0.717) is 18.4 Å². The molecule has 1 saturated carbocycles. The molecule has 3 atom stereocenters. The van der Waals surface area contributed by atoms with E-state index in [9.17, 15) is 34.5 Å². The van der Waals surface area contributed by atoms with Gasteiger partial charge in [0.25, 0.3) is 5.91 Å². The van der Waals surface area contributed by atoms with Gasteiger partial charge in [-0.1, -0.05) is 26.8 Å². The van der Waals surface area contributed by atoms with Crippen LogP contribution >= 0.6 is 0 Å². The van der Waals surface area contributed by atoms with Crippen LogP contribution in [-0.2, 0) is 25.6 Å². The number of nitrogens with one attached hydrogen (secondary N) is 1. The first-order valence-electron chi connectivity index (χ1n) is 10.7. The van der Waals surface area contributed by atoms with Gasteiger partial charge in [-0.3, -0.25) is 19.2 Å². The number of hydrogen-bond donors (Lipinski definition) is 5. The van der Waals surface area contributed by atoms with Gasteiger partial charge in [-0.2, -0.15) is 0 Å². The topological polar surface area (TPSA) is 167 Å². The van der Waals surface area contributed by atoms with Gasteiger partial charge in [0.2, 0.25) is 5.91 Å². The van der Waals surface area contributed by atoms with Crippen molar-refractivity contribution in [3.05, 3.63) is 40.2 Å². The Labute approximate surface area is 190 Å². The number of fused-ring (bicyclic) bond motifs is 3. The largest absolute Gasteiger partial charge is 0.511 e. The van der Waals surface area contributed by atoms with Gasteiger partial charge in [0.05, 0.1) is 17.2 Å². The Bertz CT molecular complexity index is 1190. The summed E-state index contributed by atoms with van der Waals surface area (Å²) in [5.41, 5.74) is 4.70. The average molecular weight is 454 g/mol. The lowest BCUT2D eigenvalue weighted by atomic mass is 9.61. The number of allylic oxidation sites excluding steroid dienone is 2. The van der Waals surface area contributed by atoms with Crippen LogP contribution in [0.3, 0.4) is 0 Å². The Morgan fingerprint density at radius 3 is 2.36 bits per heavy atom. The van der Waals surface area contributed by atoms with Crippen LogP contribution in [0.1, 0.15) is 44.7 Å². The number of hydrogen-bond acceptors (Lipinski definition) is 7. The van der Waals surface area contributed by atoms with Gasteiger partial charge in [-0.25, -0.2) is 0 Å². The van der Waals surface area contributed by atoms with Gasteiger partial charge in [0, 0.05) is 17.4 Å². The minimum Gasteiger partial charge on any atom is -0.511 e. The average Bonchev–Trinajstić information content (AvgIpc) is 2.68. The molecule has 1 fully saturated rings. The molecule has 0 radical (unpaired) electrons. The molecule has 2 amide bonds. The number of ketones is 2. The molecule has 33 heavy (non-hydrogen) atoms. The summed E-state index contributed by atoms with van der Waals surface area (Å²) in [6, 6.07) is 3.22. The Morgan fingerprint density at radius 2 is 1.76 bits per heavy atom. The second-order valence-corrected chi connectivity index (χ2v) is 9.95. The molecule has 0 heterocycles. The zero-order chi connectivity index (χ0) is 24.4. The highest BCUT2D eigenvalue weighted by Gasteiger charge is 2.50. The first-order valence-corrected chi connectivity index (χ1v) is 10.7. The van der Waals surface area contributed by atoms with Crippen LogP contribution in [-0.4, -0.2) is 38.7 Å². The van der Waals surface area contributed by atoms with E-state index < -0.39 is 57.7 Å². The molecule has 0 aliphatic heterocycles. The van der Waals surface area contributed by atoms with Crippen molar-refractivity contribution in [1.29, 1.82) is 0 Å². The third kappa shape index (κ3) is 3.48. The quantitative estimate of drug-likeness (QED) is 0.337. The summed E-state index contributed by atoms with van der Waals surface area (Å²) < 4.78 is 0. The van der Waals surface area contributed by atoms with Crippen molar-refractivity contribution in [3.8, 4) is 5.75 Å². The molecule has 6 N–H and O–H groups in total. The number of carbonyl (C=O) groups excluding carboxylic acids is 4. The standard InChI is InChI=1S/C24H26N2O7/c1-24(2,3)23(33)26-12-5-4-9-6-10-7-11-8-13(27)17(22(25)32)21(31)16(11)20(30)15(10)19(29)14(9)18(12)28/h4-5,10-11,16,28-29,31H,6-8H2,1-3H3,(H2,25,32)(H,26,33). The number of anilines is 1. The van der Waals surface area contributed by atoms with Gasteiger partial charge < -0.3 is 26.4 Å². The van der Waals surface area contributed by atoms with E-state index in [1.54, 1.807) is 32.9 Å². The molecule has 0 saturated heterocycles. The maximum atomic E-state index is 13.4. The van der Waals surface area contributed by atoms with E-state index in [1.165, 1.54) is 0 Å². The Hall–Kier alpha value is -3.62. The molecule has 4 rings (SSSR count). The monoisotopic (exact) mass is 454 g/mol. The summed E-state index contributed by atoms with van der Waals surface area (Å²) in [5.74, 6) is -6.19. The lowest BCUT2D eigenvalue weighted by molar-refractivity contribution is -0.128. The highest BCUT2D eigenvalue weighted by molar-refractivity contribution is 6.21. The van der Waals surface area contributed by atoms with Crippen LogP contribution in [0.4, 0.5) is 5.69 Å². The lowest BCUT2D eigenvalue weighted by Gasteiger charge is -2.41. The maximum Gasteiger partial charge on any atom is 0.255 e. The second kappa shape index (κ2) is 7.47. The fraction of sp³-hybridized carbons (Fsp3) is 0.417. The number of aliphatic hydroxyl groups is 2. The number of phenolic OH excluding ortho intramolecular Hbond substituents is 1. The summed E-state index contributed by atoms with van der Waals surface area (Å²) in [6.45, 7) is 5.15. The van der Waals surface area contributed by atoms with Crippen LogP contribution in [0.25, 0.3) is 5.76 Å². The Kier molecular flexibility index (Phi) is 5.11. The zero-order valence-corrected chi connectivity index (χ0v) is 18.6. The number of nitrogens with two attached hydrogens (primary N) is 1. The van der Waals surface area contributed by atoms with E-state index in [1.807, 2.05) is 0 Å². The van der Waals surface area contributed by atoms with Crippen LogP contribution < -0.4 is 11.1 Å². The van der Waals surface area contributed by atoms with Crippen molar-refractivity contribution < 1.29 is 34.5 Å². The first-order chi connectivity index (χ1) is 15.3. The highest BCUT2D eigenvalue weighted by Crippen LogP contribution is 2.51. The molecule has 1 aromatic rings. The number of amides is 2. The van der Waals surface area contributed by atoms with E-state index in [2.05, 4.69) is 5.32 Å². The molecular weight excluding hydrogens is 428 g/mol. The fourth-order valence-corrected chi connectivity index (χ4v) is 5.03. The number of rotatable bonds is 2. The summed E-state index contributed by atoms with van der Waals surface area (Å²) >= 11 is 0. The van der Waals surface area contributed by atoms with Crippen LogP contribution in [0, 0.1) is 23.2 Å². The third-order valence-corrected chi connectivity index (χ3v) is 6.69. The maximum absolute atomic E-state index is 13.4. The van der Waals surface area contributed by atoms with E-state index >= 15 is 0 Å². The highest BCUT2D eigenvalue weighted by atomic mass is 16.3. The number of phenols is 1. The number of aromatic hydroxyl groups is 1. The van der Waals surface area contributed by atoms with Gasteiger partial charge in [0.15, 0.2) is 11.6 Å². The van der Waals surface area contributed by atoms with Crippen molar-refractivity contribution in [2.45, 2.75) is 40.0 Å². The van der Waals surface area contributed by atoms with Gasteiger partial charge in [-0.05, 0) is 36.3 Å². The lowest BCUT2D eigenvalue weighted by Crippen LogP contribution is -2.44. The molecule has 0 spiro atoms. The molecule has 174 valence electrons. The molecule has 3 aliphatic rings. The van der Waals surface area contributed by atoms with Crippen molar-refractivity contribution >= 4 is 34.8 Å². The molecule has 9 nitrogen and oxygen atoms in total. The van der Waals surface area contributed by atoms with Crippen molar-refractivity contribution in [1.82, 2.24) is 0 Å². The zero-order valence-electron chi connectivity index (χ0n) is 18.6. The van der Waals surface area contributed by atoms with Gasteiger partial charge in [0.1, 0.15) is 22.8 Å². The molecule has 1 aromatic carbocycles. The van der Waals surface area contributed by atoms with Crippen LogP contribution in [0.5, 0.6) is 5.75 Å². The molecule has 0 bridgehead atoms. The second-order valence-electron chi connectivity index (χ2n) is 9.95.